The molecule has 0 N–H and O–H groups in total. The van der Waals surface area contributed by atoms with Crippen molar-refractivity contribution >= 4 is 5.78 Å². The molecular weight excluding hydrogens is 221 g/mol. The molecule has 0 aliphatic heterocycles. The summed E-state index contributed by atoms with van der Waals surface area (Å²) in [5, 5.41) is 0. The lowest BCUT2D eigenvalue weighted by Gasteiger charge is -2.06. The Balaban J connectivity index is 2.66. The molecule has 0 fully saturated rings. The van der Waals surface area contributed by atoms with E-state index in [1.807, 2.05) is 0 Å². The van der Waals surface area contributed by atoms with Crippen LogP contribution >= 0.6 is 0 Å². The maximum absolute atomic E-state index is 11.9. The smallest absolute Gasteiger partial charge is 0.389 e. The van der Waals surface area contributed by atoms with Gasteiger partial charge in [-0.2, -0.15) is 13.2 Å². The minimum absolute atomic E-state index is 0.239. The van der Waals surface area contributed by atoms with Gasteiger partial charge in [0.1, 0.15) is 5.75 Å². The van der Waals surface area contributed by atoms with Gasteiger partial charge in [-0.1, -0.05) is 12.1 Å². The van der Waals surface area contributed by atoms with E-state index in [1.165, 1.54) is 19.2 Å². The molecule has 0 bridgehead atoms. The Morgan fingerprint density at radius 3 is 2.62 bits per heavy atom. The third-order valence-corrected chi connectivity index (χ3v) is 2.03. The van der Waals surface area contributed by atoms with Crippen LogP contribution in [0.4, 0.5) is 13.2 Å². The van der Waals surface area contributed by atoms with E-state index in [9.17, 15) is 18.0 Å². The normalized spacial score (nSPS) is 11.2. The monoisotopic (exact) mass is 232 g/mol. The Kier molecular flexibility index (Phi) is 3.93. The number of carbonyl (C=O) groups is 1. The molecule has 0 radical (unpaired) electrons. The molecule has 2 nitrogen and oxygen atoms in total. The SMILES string of the molecule is COc1cccc(C(=O)CCC(F)(F)F)c1. The van der Waals surface area contributed by atoms with Gasteiger partial charge in [0, 0.05) is 12.0 Å². The fourth-order valence-electron chi connectivity index (χ4n) is 1.20. The van der Waals surface area contributed by atoms with Crippen LogP contribution in [0, 0.1) is 0 Å². The maximum atomic E-state index is 11.9. The van der Waals surface area contributed by atoms with E-state index < -0.39 is 24.8 Å². The predicted molar refractivity (Wildman–Crippen MR) is 52.6 cm³/mol. The summed E-state index contributed by atoms with van der Waals surface area (Å²) in [6.07, 6.45) is -5.92. The van der Waals surface area contributed by atoms with Crippen molar-refractivity contribution < 1.29 is 22.7 Å². The van der Waals surface area contributed by atoms with Crippen molar-refractivity contribution in [3.63, 3.8) is 0 Å². The van der Waals surface area contributed by atoms with E-state index in [1.54, 1.807) is 12.1 Å². The van der Waals surface area contributed by atoms with Crippen molar-refractivity contribution in [2.75, 3.05) is 7.11 Å². The molecule has 5 heteroatoms. The number of ether oxygens (including phenoxy) is 1. The van der Waals surface area contributed by atoms with E-state index in [4.69, 9.17) is 4.74 Å². The Labute approximate surface area is 91.0 Å². The first kappa shape index (κ1) is 12.5. The number of hydrogen-bond acceptors (Lipinski definition) is 2. The van der Waals surface area contributed by atoms with E-state index in [0.717, 1.165) is 0 Å². The third kappa shape index (κ3) is 3.92. The maximum Gasteiger partial charge on any atom is 0.389 e. The van der Waals surface area contributed by atoms with Gasteiger partial charge in [-0.3, -0.25) is 4.79 Å². The molecule has 1 aromatic rings. The summed E-state index contributed by atoms with van der Waals surface area (Å²) in [4.78, 5) is 11.4. The Morgan fingerprint density at radius 1 is 1.38 bits per heavy atom. The number of Topliss-reactive ketones (excluding diaryl/α,β-unsaturated/α-hetero) is 1. The molecule has 1 aromatic carbocycles. The van der Waals surface area contributed by atoms with Gasteiger partial charge in [-0.05, 0) is 12.1 Å². The van der Waals surface area contributed by atoms with E-state index in [2.05, 4.69) is 0 Å². The molecule has 0 aromatic heterocycles. The van der Waals surface area contributed by atoms with E-state index in [0.29, 0.717) is 5.75 Å². The van der Waals surface area contributed by atoms with Gasteiger partial charge < -0.3 is 4.74 Å². The second-order valence-electron chi connectivity index (χ2n) is 3.27. The number of alkyl halides is 3. The molecule has 1 rings (SSSR count). The van der Waals surface area contributed by atoms with Gasteiger partial charge in [0.15, 0.2) is 5.78 Å². The zero-order valence-electron chi connectivity index (χ0n) is 8.67. The first-order chi connectivity index (χ1) is 7.42. The average molecular weight is 232 g/mol. The fourth-order valence-corrected chi connectivity index (χ4v) is 1.20. The molecule has 0 spiro atoms. The van der Waals surface area contributed by atoms with Crippen LogP contribution in [-0.4, -0.2) is 19.1 Å². The van der Waals surface area contributed by atoms with Crippen molar-refractivity contribution in [1.82, 2.24) is 0 Å². The summed E-state index contributed by atoms with van der Waals surface area (Å²) in [5.41, 5.74) is 0.239. The lowest BCUT2D eigenvalue weighted by atomic mass is 10.1. The molecule has 0 saturated carbocycles. The zero-order chi connectivity index (χ0) is 12.2. The van der Waals surface area contributed by atoms with Crippen LogP contribution in [0.25, 0.3) is 0 Å². The standard InChI is InChI=1S/C11H11F3O2/c1-16-9-4-2-3-8(7-9)10(15)5-6-11(12,13)14/h2-4,7H,5-6H2,1H3. The highest BCUT2D eigenvalue weighted by Gasteiger charge is 2.28. The zero-order valence-corrected chi connectivity index (χ0v) is 8.67. The molecule has 0 amide bonds. The molecule has 0 heterocycles. The van der Waals surface area contributed by atoms with Crippen LogP contribution in [0.15, 0.2) is 24.3 Å². The van der Waals surface area contributed by atoms with Gasteiger partial charge >= 0.3 is 6.18 Å². The minimum Gasteiger partial charge on any atom is -0.497 e. The minimum atomic E-state index is -4.30. The topological polar surface area (TPSA) is 26.3 Å². The van der Waals surface area contributed by atoms with Crippen molar-refractivity contribution in [2.45, 2.75) is 19.0 Å². The van der Waals surface area contributed by atoms with Crippen LogP contribution < -0.4 is 4.74 Å². The summed E-state index contributed by atoms with van der Waals surface area (Å²) < 4.78 is 40.6. The second kappa shape index (κ2) is 5.01. The average Bonchev–Trinajstić information content (AvgIpc) is 2.25. The van der Waals surface area contributed by atoms with Gasteiger partial charge in [-0.15, -0.1) is 0 Å². The second-order valence-corrected chi connectivity index (χ2v) is 3.27. The highest BCUT2D eigenvalue weighted by Crippen LogP contribution is 2.23. The van der Waals surface area contributed by atoms with Gasteiger partial charge in [0.05, 0.1) is 13.5 Å². The largest absolute Gasteiger partial charge is 0.497 e. The predicted octanol–water partition coefficient (Wildman–Crippen LogP) is 3.22. The number of halogens is 3. The van der Waals surface area contributed by atoms with Gasteiger partial charge in [0.25, 0.3) is 0 Å². The summed E-state index contributed by atoms with van der Waals surface area (Å²) in [6.45, 7) is 0. The fraction of sp³-hybridized carbons (Fsp3) is 0.364. The molecule has 0 saturated heterocycles. The molecule has 0 atom stereocenters. The Morgan fingerprint density at radius 2 is 2.06 bits per heavy atom. The quantitative estimate of drug-likeness (QED) is 0.745. The number of hydrogen-bond donors (Lipinski definition) is 0. The number of rotatable bonds is 4. The summed E-state index contributed by atoms with van der Waals surface area (Å²) in [5.74, 6) is -0.0749. The molecule has 0 aliphatic rings. The van der Waals surface area contributed by atoms with Crippen LogP contribution in [0.3, 0.4) is 0 Å². The molecular formula is C11H11F3O2. The van der Waals surface area contributed by atoms with Crippen LogP contribution in [-0.2, 0) is 0 Å². The molecule has 16 heavy (non-hydrogen) atoms. The van der Waals surface area contributed by atoms with Crippen molar-refractivity contribution in [3.05, 3.63) is 29.8 Å². The highest BCUT2D eigenvalue weighted by atomic mass is 19.4. The van der Waals surface area contributed by atoms with Crippen LogP contribution in [0.1, 0.15) is 23.2 Å². The molecule has 0 aliphatic carbocycles. The van der Waals surface area contributed by atoms with E-state index >= 15 is 0 Å². The summed E-state index contributed by atoms with van der Waals surface area (Å²) in [6, 6.07) is 6.10. The number of benzene rings is 1. The Bertz CT molecular complexity index is 372. The van der Waals surface area contributed by atoms with Gasteiger partial charge in [0.2, 0.25) is 0 Å². The van der Waals surface area contributed by atoms with Crippen molar-refractivity contribution in [2.24, 2.45) is 0 Å². The van der Waals surface area contributed by atoms with Crippen LogP contribution in [0.5, 0.6) is 5.75 Å². The molecule has 88 valence electrons. The van der Waals surface area contributed by atoms with Crippen molar-refractivity contribution in [3.8, 4) is 5.75 Å². The third-order valence-electron chi connectivity index (χ3n) is 2.03. The first-order valence-corrected chi connectivity index (χ1v) is 4.66. The number of ketones is 1. The molecule has 0 unspecified atom stereocenters. The lowest BCUT2D eigenvalue weighted by molar-refractivity contribution is -0.133. The summed E-state index contributed by atoms with van der Waals surface area (Å²) >= 11 is 0. The van der Waals surface area contributed by atoms with E-state index in [-0.39, 0.29) is 5.56 Å². The van der Waals surface area contributed by atoms with Gasteiger partial charge in [-0.25, -0.2) is 0 Å². The van der Waals surface area contributed by atoms with Crippen LogP contribution in [0.2, 0.25) is 0 Å². The Hall–Kier alpha value is -1.52. The highest BCUT2D eigenvalue weighted by molar-refractivity contribution is 5.96. The number of carbonyl (C=O) groups excluding carboxylic acids is 1. The number of methoxy groups -OCH3 is 1. The van der Waals surface area contributed by atoms with Crippen molar-refractivity contribution in [1.29, 1.82) is 0 Å². The lowest BCUT2D eigenvalue weighted by Crippen LogP contribution is -2.10. The first-order valence-electron chi connectivity index (χ1n) is 4.66. The summed E-state index contributed by atoms with van der Waals surface area (Å²) in [7, 11) is 1.43.